The highest BCUT2D eigenvalue weighted by molar-refractivity contribution is 7.10. The van der Waals surface area contributed by atoms with Gasteiger partial charge in [0.1, 0.15) is 5.75 Å². The molecule has 1 saturated carbocycles. The van der Waals surface area contributed by atoms with E-state index in [1.54, 1.807) is 18.4 Å². The normalized spacial score (nSPS) is 16.3. The standard InChI is InChI=1S/C21H28N2O2S/c1-23(2)19(20-5-4-12-26-20)14-22-21(24)13-18(15-6-7-15)16-8-10-17(25-3)11-9-16/h4-5,8-12,15,18-19H,6-7,13-14H2,1-3H3,(H,22,24). The van der Waals surface area contributed by atoms with Gasteiger partial charge in [-0.05, 0) is 67.9 Å². The second-order valence-electron chi connectivity index (χ2n) is 7.22. The third-order valence-electron chi connectivity index (χ3n) is 5.13. The van der Waals surface area contributed by atoms with Crippen LogP contribution in [0.4, 0.5) is 0 Å². The Morgan fingerprint density at radius 1 is 1.27 bits per heavy atom. The van der Waals surface area contributed by atoms with Gasteiger partial charge in [-0.3, -0.25) is 4.79 Å². The Kier molecular flexibility index (Phi) is 6.33. The van der Waals surface area contributed by atoms with Crippen molar-refractivity contribution in [1.82, 2.24) is 10.2 Å². The molecule has 0 aliphatic heterocycles. The Morgan fingerprint density at radius 3 is 2.54 bits per heavy atom. The van der Waals surface area contributed by atoms with Crippen molar-refractivity contribution in [2.75, 3.05) is 27.7 Å². The zero-order valence-corrected chi connectivity index (χ0v) is 16.6. The molecular formula is C21H28N2O2S. The molecule has 2 unspecified atom stereocenters. The monoisotopic (exact) mass is 372 g/mol. The van der Waals surface area contributed by atoms with Gasteiger partial charge in [0, 0.05) is 17.8 Å². The van der Waals surface area contributed by atoms with Crippen LogP contribution in [0.15, 0.2) is 41.8 Å². The highest BCUT2D eigenvalue weighted by atomic mass is 32.1. The molecule has 1 aromatic carbocycles. The minimum Gasteiger partial charge on any atom is -0.497 e. The van der Waals surface area contributed by atoms with E-state index in [0.717, 1.165) is 5.75 Å². The van der Waals surface area contributed by atoms with Crippen LogP contribution in [0.2, 0.25) is 0 Å². The number of ether oxygens (including phenoxy) is 1. The second kappa shape index (κ2) is 8.69. The first-order chi connectivity index (χ1) is 12.6. The summed E-state index contributed by atoms with van der Waals surface area (Å²) in [6.07, 6.45) is 3.00. The summed E-state index contributed by atoms with van der Waals surface area (Å²) in [6.45, 7) is 0.645. The van der Waals surface area contributed by atoms with Gasteiger partial charge in [0.25, 0.3) is 0 Å². The summed E-state index contributed by atoms with van der Waals surface area (Å²) < 4.78 is 5.25. The number of hydrogen-bond acceptors (Lipinski definition) is 4. The van der Waals surface area contributed by atoms with Crippen molar-refractivity contribution in [3.8, 4) is 5.75 Å². The van der Waals surface area contributed by atoms with Crippen LogP contribution in [0, 0.1) is 5.92 Å². The summed E-state index contributed by atoms with van der Waals surface area (Å²) in [5.41, 5.74) is 1.24. The quantitative estimate of drug-likeness (QED) is 0.722. The highest BCUT2D eigenvalue weighted by Crippen LogP contribution is 2.44. The number of carbonyl (C=O) groups excluding carboxylic acids is 1. The summed E-state index contributed by atoms with van der Waals surface area (Å²) >= 11 is 1.74. The number of rotatable bonds is 9. The van der Waals surface area contributed by atoms with E-state index < -0.39 is 0 Å². The lowest BCUT2D eigenvalue weighted by Crippen LogP contribution is -2.34. The zero-order chi connectivity index (χ0) is 18.5. The third-order valence-corrected chi connectivity index (χ3v) is 6.10. The largest absolute Gasteiger partial charge is 0.497 e. The topological polar surface area (TPSA) is 41.6 Å². The lowest BCUT2D eigenvalue weighted by atomic mass is 9.90. The van der Waals surface area contributed by atoms with Gasteiger partial charge in [-0.15, -0.1) is 11.3 Å². The SMILES string of the molecule is COc1ccc(C(CC(=O)NCC(c2cccs2)N(C)C)C2CC2)cc1. The van der Waals surface area contributed by atoms with Crippen LogP contribution >= 0.6 is 11.3 Å². The smallest absolute Gasteiger partial charge is 0.220 e. The van der Waals surface area contributed by atoms with Crippen molar-refractivity contribution in [3.63, 3.8) is 0 Å². The van der Waals surface area contributed by atoms with E-state index in [1.807, 2.05) is 12.1 Å². The number of methoxy groups -OCH3 is 1. The van der Waals surface area contributed by atoms with Crippen molar-refractivity contribution in [3.05, 3.63) is 52.2 Å². The molecule has 1 heterocycles. The molecule has 1 aromatic heterocycles. The molecule has 1 amide bonds. The van der Waals surface area contributed by atoms with E-state index >= 15 is 0 Å². The van der Waals surface area contributed by atoms with Crippen molar-refractivity contribution < 1.29 is 9.53 Å². The van der Waals surface area contributed by atoms with Crippen LogP contribution in [-0.4, -0.2) is 38.6 Å². The van der Waals surface area contributed by atoms with Crippen molar-refractivity contribution in [1.29, 1.82) is 0 Å². The van der Waals surface area contributed by atoms with Gasteiger partial charge in [0.05, 0.1) is 13.2 Å². The van der Waals surface area contributed by atoms with E-state index in [-0.39, 0.29) is 11.9 Å². The number of benzene rings is 1. The molecule has 2 atom stereocenters. The van der Waals surface area contributed by atoms with Gasteiger partial charge in [-0.2, -0.15) is 0 Å². The first kappa shape index (κ1) is 18.9. The van der Waals surface area contributed by atoms with Crippen LogP contribution < -0.4 is 10.1 Å². The molecule has 5 heteroatoms. The minimum absolute atomic E-state index is 0.140. The maximum Gasteiger partial charge on any atom is 0.220 e. The Hall–Kier alpha value is -1.85. The number of nitrogens with zero attached hydrogens (tertiary/aromatic N) is 1. The van der Waals surface area contributed by atoms with Gasteiger partial charge < -0.3 is 15.0 Å². The van der Waals surface area contributed by atoms with E-state index in [9.17, 15) is 4.79 Å². The molecule has 3 rings (SSSR count). The Bertz CT molecular complexity index is 693. The number of carbonyl (C=O) groups is 1. The molecule has 4 nitrogen and oxygen atoms in total. The van der Waals surface area contributed by atoms with Crippen LogP contribution in [-0.2, 0) is 4.79 Å². The molecule has 0 radical (unpaired) electrons. The van der Waals surface area contributed by atoms with Crippen molar-refractivity contribution in [2.24, 2.45) is 5.92 Å². The Balaban J connectivity index is 1.59. The molecule has 1 N–H and O–H groups in total. The third kappa shape index (κ3) is 4.86. The summed E-state index contributed by atoms with van der Waals surface area (Å²) in [7, 11) is 5.79. The average Bonchev–Trinajstić information content (AvgIpc) is 3.34. The van der Waals surface area contributed by atoms with E-state index in [0.29, 0.717) is 24.8 Å². The molecule has 0 saturated heterocycles. The van der Waals surface area contributed by atoms with Crippen LogP contribution in [0.25, 0.3) is 0 Å². The lowest BCUT2D eigenvalue weighted by molar-refractivity contribution is -0.121. The van der Waals surface area contributed by atoms with Gasteiger partial charge in [-0.25, -0.2) is 0 Å². The molecule has 1 aliphatic rings. The second-order valence-corrected chi connectivity index (χ2v) is 8.20. The van der Waals surface area contributed by atoms with Crippen molar-refractivity contribution in [2.45, 2.75) is 31.2 Å². The lowest BCUT2D eigenvalue weighted by Gasteiger charge is -2.24. The maximum atomic E-state index is 12.6. The number of hydrogen-bond donors (Lipinski definition) is 1. The molecule has 1 aliphatic carbocycles. The molecule has 26 heavy (non-hydrogen) atoms. The van der Waals surface area contributed by atoms with Crippen molar-refractivity contribution >= 4 is 17.2 Å². The summed E-state index contributed by atoms with van der Waals surface area (Å²) in [4.78, 5) is 16.1. The van der Waals surface area contributed by atoms with Gasteiger partial charge in [0.2, 0.25) is 5.91 Å². The van der Waals surface area contributed by atoms with Gasteiger partial charge in [-0.1, -0.05) is 18.2 Å². The molecular weight excluding hydrogens is 344 g/mol. The van der Waals surface area contributed by atoms with E-state index in [1.165, 1.54) is 23.3 Å². The number of nitrogens with one attached hydrogen (secondary N) is 1. The highest BCUT2D eigenvalue weighted by Gasteiger charge is 2.33. The molecule has 2 aromatic rings. The van der Waals surface area contributed by atoms with Crippen LogP contribution in [0.3, 0.4) is 0 Å². The maximum absolute atomic E-state index is 12.6. The fourth-order valence-electron chi connectivity index (χ4n) is 3.41. The number of amides is 1. The van der Waals surface area contributed by atoms with Crippen LogP contribution in [0.1, 0.15) is 41.7 Å². The van der Waals surface area contributed by atoms with Gasteiger partial charge in [0.15, 0.2) is 0 Å². The Morgan fingerprint density at radius 2 is 2.00 bits per heavy atom. The fourth-order valence-corrected chi connectivity index (χ4v) is 4.33. The molecule has 0 bridgehead atoms. The van der Waals surface area contributed by atoms with Crippen LogP contribution in [0.5, 0.6) is 5.75 Å². The summed E-state index contributed by atoms with van der Waals surface area (Å²) in [5.74, 6) is 1.94. The van der Waals surface area contributed by atoms with E-state index in [2.05, 4.69) is 54.0 Å². The van der Waals surface area contributed by atoms with E-state index in [4.69, 9.17) is 4.74 Å². The number of thiophene rings is 1. The number of likely N-dealkylation sites (N-methyl/N-ethyl adjacent to an activating group) is 1. The minimum atomic E-state index is 0.140. The first-order valence-corrected chi connectivity index (χ1v) is 10.1. The molecule has 1 fully saturated rings. The van der Waals surface area contributed by atoms with Gasteiger partial charge >= 0.3 is 0 Å². The molecule has 0 spiro atoms. The predicted molar refractivity (Wildman–Crippen MR) is 107 cm³/mol. The summed E-state index contributed by atoms with van der Waals surface area (Å²) in [5, 5.41) is 5.24. The first-order valence-electron chi connectivity index (χ1n) is 9.19. The fraction of sp³-hybridized carbons (Fsp3) is 0.476. The Labute approximate surface area is 160 Å². The summed E-state index contributed by atoms with van der Waals surface area (Å²) in [6, 6.07) is 12.6. The average molecular weight is 373 g/mol. The predicted octanol–water partition coefficient (Wildman–Crippen LogP) is 4.06. The molecule has 140 valence electrons. The zero-order valence-electron chi connectivity index (χ0n) is 15.8.